The van der Waals surface area contributed by atoms with Gasteiger partial charge in [0.15, 0.2) is 0 Å². The molecular formula is C16H13BrN2. The number of benzene rings is 2. The van der Waals surface area contributed by atoms with Crippen LogP contribution in [-0.4, -0.2) is 6.04 Å². The minimum absolute atomic E-state index is 0.475. The Bertz CT molecular complexity index is 631. The van der Waals surface area contributed by atoms with Gasteiger partial charge in [0.25, 0.3) is 0 Å². The number of nitrogens with one attached hydrogen (secondary N) is 1. The molecule has 2 aromatic carbocycles. The number of nitriles is 1. The lowest BCUT2D eigenvalue weighted by atomic mass is 10.1. The number of anilines is 1. The quantitative estimate of drug-likeness (QED) is 0.917. The van der Waals surface area contributed by atoms with E-state index < -0.39 is 0 Å². The Morgan fingerprint density at radius 1 is 1.16 bits per heavy atom. The van der Waals surface area contributed by atoms with Crippen molar-refractivity contribution in [3.8, 4) is 6.07 Å². The molecule has 1 aliphatic carbocycles. The van der Waals surface area contributed by atoms with Crippen molar-refractivity contribution in [3.05, 3.63) is 64.1 Å². The fourth-order valence-corrected chi connectivity index (χ4v) is 2.87. The largest absolute Gasteiger partial charge is 0.382 e. The molecule has 0 bridgehead atoms. The first kappa shape index (κ1) is 12.3. The van der Waals surface area contributed by atoms with Crippen LogP contribution in [0, 0.1) is 11.3 Å². The zero-order chi connectivity index (χ0) is 13.2. The second kappa shape index (κ2) is 5.07. The monoisotopic (exact) mass is 312 g/mol. The van der Waals surface area contributed by atoms with Gasteiger partial charge in [0.1, 0.15) is 0 Å². The van der Waals surface area contributed by atoms with Gasteiger partial charge in [-0.05, 0) is 30.2 Å². The number of nitrogens with zero attached hydrogens (tertiary/aromatic N) is 1. The van der Waals surface area contributed by atoms with Crippen LogP contribution >= 0.6 is 15.9 Å². The van der Waals surface area contributed by atoms with Crippen LogP contribution in [0.2, 0.25) is 0 Å². The first-order chi connectivity index (χ1) is 9.26. The second-order valence-electron chi connectivity index (χ2n) is 4.84. The van der Waals surface area contributed by atoms with Crippen molar-refractivity contribution < 1.29 is 0 Å². The second-order valence-corrected chi connectivity index (χ2v) is 5.76. The molecule has 0 amide bonds. The van der Waals surface area contributed by atoms with E-state index in [1.54, 1.807) is 0 Å². The molecule has 0 aliphatic heterocycles. The average Bonchev–Trinajstić information content (AvgIpc) is 3.18. The van der Waals surface area contributed by atoms with E-state index in [1.165, 1.54) is 5.56 Å². The maximum absolute atomic E-state index is 8.97. The van der Waals surface area contributed by atoms with E-state index in [0.29, 0.717) is 17.5 Å². The van der Waals surface area contributed by atoms with Gasteiger partial charge >= 0.3 is 0 Å². The third-order valence-corrected chi connectivity index (χ3v) is 3.85. The topological polar surface area (TPSA) is 35.8 Å². The van der Waals surface area contributed by atoms with Crippen molar-refractivity contribution in [1.29, 1.82) is 5.26 Å². The summed E-state index contributed by atoms with van der Waals surface area (Å²) in [5.74, 6) is 0.589. The Kier molecular flexibility index (Phi) is 3.27. The van der Waals surface area contributed by atoms with E-state index >= 15 is 0 Å². The summed E-state index contributed by atoms with van der Waals surface area (Å²) in [5.41, 5.74) is 3.07. The number of hydrogen-bond donors (Lipinski definition) is 1. The third-order valence-electron chi connectivity index (χ3n) is 3.40. The lowest BCUT2D eigenvalue weighted by molar-refractivity contribution is 1.05. The molecule has 19 heavy (non-hydrogen) atoms. The molecule has 3 heteroatoms. The van der Waals surface area contributed by atoms with Crippen molar-refractivity contribution in [2.24, 2.45) is 0 Å². The third kappa shape index (κ3) is 2.80. The molecule has 0 spiro atoms. The molecule has 1 N–H and O–H groups in total. The molecule has 2 unspecified atom stereocenters. The molecule has 3 rings (SSSR count). The van der Waals surface area contributed by atoms with E-state index in [0.717, 1.165) is 16.6 Å². The zero-order valence-corrected chi connectivity index (χ0v) is 11.9. The first-order valence-electron chi connectivity index (χ1n) is 6.28. The minimum atomic E-state index is 0.475. The zero-order valence-electron chi connectivity index (χ0n) is 10.3. The molecule has 0 aromatic heterocycles. The summed E-state index contributed by atoms with van der Waals surface area (Å²) in [6.45, 7) is 0. The number of rotatable bonds is 3. The van der Waals surface area contributed by atoms with E-state index in [4.69, 9.17) is 5.26 Å². The summed E-state index contributed by atoms with van der Waals surface area (Å²) >= 11 is 3.43. The lowest BCUT2D eigenvalue weighted by Crippen LogP contribution is -2.04. The summed E-state index contributed by atoms with van der Waals surface area (Å²) < 4.78 is 0.936. The van der Waals surface area contributed by atoms with E-state index in [1.807, 2.05) is 24.3 Å². The summed E-state index contributed by atoms with van der Waals surface area (Å²) in [6.07, 6.45) is 1.15. The molecule has 1 fully saturated rings. The molecule has 1 saturated carbocycles. The summed E-state index contributed by atoms with van der Waals surface area (Å²) in [7, 11) is 0. The van der Waals surface area contributed by atoms with E-state index in [9.17, 15) is 0 Å². The van der Waals surface area contributed by atoms with Crippen LogP contribution in [0.5, 0.6) is 0 Å². The fourth-order valence-electron chi connectivity index (χ4n) is 2.37. The molecule has 1 aliphatic rings. The number of hydrogen-bond acceptors (Lipinski definition) is 2. The van der Waals surface area contributed by atoms with E-state index in [2.05, 4.69) is 51.6 Å². The van der Waals surface area contributed by atoms with Crippen molar-refractivity contribution in [2.75, 3.05) is 5.32 Å². The molecule has 2 aromatic rings. The minimum Gasteiger partial charge on any atom is -0.382 e. The highest BCUT2D eigenvalue weighted by atomic mass is 79.9. The van der Waals surface area contributed by atoms with Crippen LogP contribution in [0.3, 0.4) is 0 Å². The van der Waals surface area contributed by atoms with Gasteiger partial charge in [-0.3, -0.25) is 0 Å². The average molecular weight is 313 g/mol. The van der Waals surface area contributed by atoms with E-state index in [-0.39, 0.29) is 0 Å². The van der Waals surface area contributed by atoms with Crippen molar-refractivity contribution >= 4 is 21.6 Å². The standard InChI is InChI=1S/C16H13BrN2/c17-13-6-11(10-18)7-14(8-13)19-16-9-15(16)12-4-2-1-3-5-12/h1-8,15-16,19H,9H2. The number of halogens is 1. The Morgan fingerprint density at radius 2 is 1.95 bits per heavy atom. The lowest BCUT2D eigenvalue weighted by Gasteiger charge is -2.07. The molecule has 0 saturated heterocycles. The van der Waals surface area contributed by atoms with Crippen molar-refractivity contribution in [1.82, 2.24) is 0 Å². The predicted octanol–water partition coefficient (Wildman–Crippen LogP) is 4.29. The Balaban J connectivity index is 1.71. The van der Waals surface area contributed by atoms with Crippen LogP contribution in [0.25, 0.3) is 0 Å². The maximum Gasteiger partial charge on any atom is 0.0992 e. The van der Waals surface area contributed by atoms with Gasteiger partial charge in [-0.25, -0.2) is 0 Å². The van der Waals surface area contributed by atoms with Gasteiger partial charge in [-0.15, -0.1) is 0 Å². The normalized spacial score (nSPS) is 20.6. The SMILES string of the molecule is N#Cc1cc(Br)cc(NC2CC2c2ccccc2)c1. The molecule has 2 atom stereocenters. The van der Waals surface area contributed by atoms with Gasteiger partial charge in [0.05, 0.1) is 11.6 Å². The van der Waals surface area contributed by atoms with Gasteiger partial charge in [0.2, 0.25) is 0 Å². The van der Waals surface area contributed by atoms with Crippen LogP contribution in [-0.2, 0) is 0 Å². The van der Waals surface area contributed by atoms with Gasteiger partial charge in [0, 0.05) is 22.1 Å². The summed E-state index contributed by atoms with van der Waals surface area (Å²) in [6, 6.07) is 18.9. The molecule has 2 nitrogen and oxygen atoms in total. The van der Waals surface area contributed by atoms with Gasteiger partial charge in [-0.1, -0.05) is 46.3 Å². The van der Waals surface area contributed by atoms with Crippen LogP contribution < -0.4 is 5.32 Å². The predicted molar refractivity (Wildman–Crippen MR) is 80.1 cm³/mol. The molecular weight excluding hydrogens is 300 g/mol. The highest BCUT2D eigenvalue weighted by Gasteiger charge is 2.38. The van der Waals surface area contributed by atoms with Gasteiger partial charge < -0.3 is 5.32 Å². The van der Waals surface area contributed by atoms with Crippen LogP contribution in [0.1, 0.15) is 23.5 Å². The Morgan fingerprint density at radius 3 is 2.68 bits per heavy atom. The smallest absolute Gasteiger partial charge is 0.0992 e. The Hall–Kier alpha value is -1.79. The van der Waals surface area contributed by atoms with Crippen molar-refractivity contribution in [3.63, 3.8) is 0 Å². The first-order valence-corrected chi connectivity index (χ1v) is 7.08. The highest BCUT2D eigenvalue weighted by molar-refractivity contribution is 9.10. The fraction of sp³-hybridized carbons (Fsp3) is 0.188. The van der Waals surface area contributed by atoms with Gasteiger partial charge in [-0.2, -0.15) is 5.26 Å². The van der Waals surface area contributed by atoms with Crippen molar-refractivity contribution in [2.45, 2.75) is 18.4 Å². The summed E-state index contributed by atoms with van der Waals surface area (Å²) in [4.78, 5) is 0. The molecule has 0 radical (unpaired) electrons. The maximum atomic E-state index is 8.97. The molecule has 94 valence electrons. The molecule has 0 heterocycles. The highest BCUT2D eigenvalue weighted by Crippen LogP contribution is 2.42. The van der Waals surface area contributed by atoms with Crippen LogP contribution in [0.15, 0.2) is 53.0 Å². The Labute approximate surface area is 121 Å². The van der Waals surface area contributed by atoms with Crippen LogP contribution in [0.4, 0.5) is 5.69 Å². The summed E-state index contributed by atoms with van der Waals surface area (Å²) in [5, 5.41) is 12.5.